The van der Waals surface area contributed by atoms with Crippen LogP contribution < -0.4 is 15.5 Å². The normalized spacial score (nSPS) is 14.6. The Morgan fingerprint density at radius 2 is 1.83 bits per heavy atom. The highest BCUT2D eigenvalue weighted by molar-refractivity contribution is 6.01. The van der Waals surface area contributed by atoms with Crippen molar-refractivity contribution in [2.45, 2.75) is 25.8 Å². The first-order valence-corrected chi connectivity index (χ1v) is 8.16. The zero-order valence-corrected chi connectivity index (χ0v) is 14.1. The topological polar surface area (TPSA) is 88.9 Å². The Kier molecular flexibility index (Phi) is 6.31. The van der Waals surface area contributed by atoms with E-state index in [4.69, 9.17) is 4.74 Å². The fourth-order valence-corrected chi connectivity index (χ4v) is 2.29. The number of carbonyl (C=O) groups excluding carboxylic acids is 3. The van der Waals surface area contributed by atoms with Crippen LogP contribution in [0.4, 0.5) is 5.69 Å². The standard InChI is InChI=1S/C17H23N3O4/c1-3-24-17(23)13-6-4-5-7-14(13)19-16(22)11-20(2)10-15(21)18-12-8-9-12/h4-7,12H,3,8-11H2,1-2H3,(H,18,21)(H,19,22)/p+1. The number of para-hydroxylation sites is 1. The lowest BCUT2D eigenvalue weighted by molar-refractivity contribution is -0.862. The molecule has 3 N–H and O–H groups in total. The number of amides is 2. The molecule has 24 heavy (non-hydrogen) atoms. The van der Waals surface area contributed by atoms with Gasteiger partial charge in [0.05, 0.1) is 24.9 Å². The second kappa shape index (κ2) is 8.44. The van der Waals surface area contributed by atoms with Gasteiger partial charge in [-0.3, -0.25) is 9.59 Å². The number of esters is 1. The van der Waals surface area contributed by atoms with Gasteiger partial charge in [-0.2, -0.15) is 0 Å². The molecule has 130 valence electrons. The van der Waals surface area contributed by atoms with Gasteiger partial charge in [0.25, 0.3) is 11.8 Å². The van der Waals surface area contributed by atoms with Crippen molar-refractivity contribution >= 4 is 23.5 Å². The van der Waals surface area contributed by atoms with E-state index >= 15 is 0 Å². The van der Waals surface area contributed by atoms with E-state index in [0.717, 1.165) is 17.7 Å². The van der Waals surface area contributed by atoms with E-state index in [2.05, 4.69) is 10.6 Å². The second-order valence-corrected chi connectivity index (χ2v) is 5.97. The molecule has 2 rings (SSSR count). The van der Waals surface area contributed by atoms with Gasteiger partial charge in [-0.25, -0.2) is 4.79 Å². The molecule has 1 aliphatic rings. The van der Waals surface area contributed by atoms with E-state index in [9.17, 15) is 14.4 Å². The maximum atomic E-state index is 12.2. The molecule has 1 fully saturated rings. The first kappa shape index (κ1) is 17.9. The van der Waals surface area contributed by atoms with Crippen molar-refractivity contribution in [1.29, 1.82) is 0 Å². The lowest BCUT2D eigenvalue weighted by Gasteiger charge is -2.14. The number of quaternary nitrogens is 1. The summed E-state index contributed by atoms with van der Waals surface area (Å²) >= 11 is 0. The lowest BCUT2D eigenvalue weighted by Crippen LogP contribution is -3.11. The molecule has 1 atom stereocenters. The van der Waals surface area contributed by atoms with Crippen LogP contribution in [0, 0.1) is 0 Å². The minimum absolute atomic E-state index is 0.0466. The highest BCUT2D eigenvalue weighted by Gasteiger charge is 2.25. The average molecular weight is 334 g/mol. The average Bonchev–Trinajstić information content (AvgIpc) is 3.31. The summed E-state index contributed by atoms with van der Waals surface area (Å²) in [5, 5.41) is 5.61. The molecular formula is C17H24N3O4+. The quantitative estimate of drug-likeness (QED) is 0.564. The van der Waals surface area contributed by atoms with Crippen molar-refractivity contribution in [3.8, 4) is 0 Å². The van der Waals surface area contributed by atoms with Gasteiger partial charge in [0.2, 0.25) is 0 Å². The van der Waals surface area contributed by atoms with Gasteiger partial charge in [0.1, 0.15) is 0 Å². The van der Waals surface area contributed by atoms with Crippen LogP contribution in [0.3, 0.4) is 0 Å². The van der Waals surface area contributed by atoms with Crippen molar-refractivity contribution in [2.24, 2.45) is 0 Å². The monoisotopic (exact) mass is 334 g/mol. The molecule has 1 aromatic rings. The minimum atomic E-state index is -0.474. The van der Waals surface area contributed by atoms with Gasteiger partial charge >= 0.3 is 5.97 Å². The molecule has 1 unspecified atom stereocenters. The summed E-state index contributed by atoms with van der Waals surface area (Å²) in [5.41, 5.74) is 0.730. The molecule has 0 heterocycles. The van der Waals surface area contributed by atoms with Gasteiger partial charge in [-0.1, -0.05) is 12.1 Å². The number of nitrogens with one attached hydrogen (secondary N) is 3. The number of carbonyl (C=O) groups is 3. The van der Waals surface area contributed by atoms with Gasteiger partial charge in [0, 0.05) is 6.04 Å². The highest BCUT2D eigenvalue weighted by atomic mass is 16.5. The maximum Gasteiger partial charge on any atom is 0.340 e. The van der Waals surface area contributed by atoms with Gasteiger partial charge in [-0.15, -0.1) is 0 Å². The molecule has 2 amide bonds. The summed E-state index contributed by atoms with van der Waals surface area (Å²) in [6, 6.07) is 7.02. The number of hydrogen-bond acceptors (Lipinski definition) is 4. The summed E-state index contributed by atoms with van der Waals surface area (Å²) < 4.78 is 4.98. The Morgan fingerprint density at radius 1 is 1.17 bits per heavy atom. The predicted molar refractivity (Wildman–Crippen MR) is 88.8 cm³/mol. The van der Waals surface area contributed by atoms with Crippen LogP contribution in [0.1, 0.15) is 30.1 Å². The number of anilines is 1. The highest BCUT2D eigenvalue weighted by Crippen LogP contribution is 2.18. The smallest absolute Gasteiger partial charge is 0.340 e. The van der Waals surface area contributed by atoms with E-state index in [-0.39, 0.29) is 31.5 Å². The van der Waals surface area contributed by atoms with Crippen molar-refractivity contribution in [1.82, 2.24) is 5.32 Å². The molecular weight excluding hydrogens is 310 g/mol. The SMILES string of the molecule is CCOC(=O)c1ccccc1NC(=O)C[NH+](C)CC(=O)NC1CC1. The van der Waals surface area contributed by atoms with Crippen LogP contribution in [0.5, 0.6) is 0 Å². The molecule has 1 aromatic carbocycles. The van der Waals surface area contributed by atoms with Gasteiger partial charge in [0.15, 0.2) is 13.1 Å². The summed E-state index contributed by atoms with van der Waals surface area (Å²) in [4.78, 5) is 36.6. The third-order valence-corrected chi connectivity index (χ3v) is 3.56. The third-order valence-electron chi connectivity index (χ3n) is 3.56. The molecule has 1 saturated carbocycles. The van der Waals surface area contributed by atoms with E-state index in [0.29, 0.717) is 17.3 Å². The van der Waals surface area contributed by atoms with Crippen molar-refractivity contribution in [3.63, 3.8) is 0 Å². The Balaban J connectivity index is 1.87. The largest absolute Gasteiger partial charge is 0.462 e. The van der Waals surface area contributed by atoms with E-state index in [1.165, 1.54) is 0 Å². The molecule has 0 aliphatic heterocycles. The van der Waals surface area contributed by atoms with Crippen LogP contribution >= 0.6 is 0 Å². The lowest BCUT2D eigenvalue weighted by atomic mass is 10.2. The summed E-state index contributed by atoms with van der Waals surface area (Å²) in [6.07, 6.45) is 2.08. The molecule has 1 aliphatic carbocycles. The fraction of sp³-hybridized carbons (Fsp3) is 0.471. The second-order valence-electron chi connectivity index (χ2n) is 5.97. The van der Waals surface area contributed by atoms with E-state index in [1.54, 1.807) is 38.2 Å². The molecule has 0 saturated heterocycles. The van der Waals surface area contributed by atoms with Crippen molar-refractivity contribution in [2.75, 3.05) is 32.1 Å². The third kappa shape index (κ3) is 5.66. The van der Waals surface area contributed by atoms with E-state index in [1.807, 2.05) is 0 Å². The Bertz CT molecular complexity index is 614. The number of benzene rings is 1. The summed E-state index contributed by atoms with van der Waals surface area (Å²) in [6.45, 7) is 2.37. The predicted octanol–water partition coefficient (Wildman–Crippen LogP) is -0.405. The zero-order chi connectivity index (χ0) is 17.5. The van der Waals surface area contributed by atoms with Crippen LogP contribution in [-0.4, -0.2) is 50.6 Å². The summed E-state index contributed by atoms with van der Waals surface area (Å²) in [7, 11) is 1.78. The molecule has 0 bridgehead atoms. The van der Waals surface area contributed by atoms with Crippen LogP contribution in [-0.2, 0) is 14.3 Å². The van der Waals surface area contributed by atoms with Crippen LogP contribution in [0.2, 0.25) is 0 Å². The molecule has 0 radical (unpaired) electrons. The number of likely N-dealkylation sites (N-methyl/N-ethyl adjacent to an activating group) is 1. The first-order valence-electron chi connectivity index (χ1n) is 8.16. The molecule has 7 nitrogen and oxygen atoms in total. The molecule has 0 aromatic heterocycles. The Hall–Kier alpha value is -2.41. The van der Waals surface area contributed by atoms with Gasteiger partial charge in [-0.05, 0) is 31.9 Å². The Morgan fingerprint density at radius 3 is 2.50 bits per heavy atom. The van der Waals surface area contributed by atoms with Crippen LogP contribution in [0.25, 0.3) is 0 Å². The Labute approximate surface area is 141 Å². The molecule has 0 spiro atoms. The number of hydrogen-bond donors (Lipinski definition) is 3. The van der Waals surface area contributed by atoms with Crippen molar-refractivity contribution in [3.05, 3.63) is 29.8 Å². The minimum Gasteiger partial charge on any atom is -0.462 e. The first-order chi connectivity index (χ1) is 11.5. The van der Waals surface area contributed by atoms with Crippen molar-refractivity contribution < 1.29 is 24.0 Å². The van der Waals surface area contributed by atoms with Gasteiger partial charge < -0.3 is 20.3 Å². The van der Waals surface area contributed by atoms with E-state index < -0.39 is 5.97 Å². The number of rotatable bonds is 8. The summed E-state index contributed by atoms with van der Waals surface area (Å²) in [5.74, 6) is -0.781. The molecule has 7 heteroatoms. The zero-order valence-electron chi connectivity index (χ0n) is 14.1. The van der Waals surface area contributed by atoms with Crippen LogP contribution in [0.15, 0.2) is 24.3 Å². The maximum absolute atomic E-state index is 12.2. The number of ether oxygens (including phenoxy) is 1. The fourth-order valence-electron chi connectivity index (χ4n) is 2.29.